The molecule has 7 N–H and O–H groups in total. The predicted molar refractivity (Wildman–Crippen MR) is 193 cm³/mol. The molecule has 0 heterocycles. The Labute approximate surface area is 293 Å². The number of hydrogen-bond donors (Lipinski definition) is 7. The average Bonchev–Trinajstić information content (AvgIpc) is 3.05. The summed E-state index contributed by atoms with van der Waals surface area (Å²) in [4.78, 5) is 65.8. The molecule has 0 aliphatic heterocycles. The molecule has 0 spiro atoms. The molecule has 0 aromatic heterocycles. The predicted octanol–water partition coefficient (Wildman–Crippen LogP) is 2.21. The van der Waals surface area contributed by atoms with Crippen molar-refractivity contribution >= 4 is 29.5 Å². The number of carbonyl (C=O) groups is 5. The smallest absolute Gasteiger partial charge is 0.251 e. The number of rotatable bonds is 21. The van der Waals surface area contributed by atoms with Crippen LogP contribution in [0, 0.1) is 17.5 Å². The first-order valence-electron chi connectivity index (χ1n) is 17.3. The summed E-state index contributed by atoms with van der Waals surface area (Å²) in [5, 5.41) is 20.4. The molecule has 0 aliphatic carbocycles. The van der Waals surface area contributed by atoms with Crippen LogP contribution < -0.4 is 37.2 Å². The summed E-state index contributed by atoms with van der Waals surface area (Å²) < 4.78 is 0. The Hall–Kier alpha value is -4.37. The van der Waals surface area contributed by atoms with Gasteiger partial charge in [-0.1, -0.05) is 59.2 Å². The maximum atomic E-state index is 13.8. The minimum atomic E-state index is -0.878. The van der Waals surface area contributed by atoms with Gasteiger partial charge < -0.3 is 37.2 Å². The maximum Gasteiger partial charge on any atom is 0.251 e. The van der Waals surface area contributed by atoms with E-state index in [1.807, 2.05) is 47.6 Å². The third-order valence-corrected chi connectivity index (χ3v) is 7.66. The highest BCUT2D eigenvalue weighted by Crippen LogP contribution is 2.21. The molecule has 12 nitrogen and oxygen atoms in total. The zero-order chi connectivity index (χ0) is 37.0. The monoisotopic (exact) mass is 681 g/mol. The summed E-state index contributed by atoms with van der Waals surface area (Å²) in [6, 6.07) is 7.69. The fourth-order valence-electron chi connectivity index (χ4n) is 4.99. The number of likely N-dealkylation sites (N-methyl/N-ethyl adjacent to an activating group) is 1. The standard InChI is InChI=1S/C37H59N7O5/c1-10-17-30(43-36(49)31(23-37(6,7)8)44-33(46)27(11-2)20-21-38-9)35(48)41-28(22-26-18-15-14-16-19-26)24-40-25(5)32(45)42-29(12-3)34(47)39-13-4/h11,15,18-21,25,28-31,38,40H,10,12-13,17,22-24H2,1-9H3,(H,39,47)(H,41,48)(H,42,45)(H,43,49)(H,44,46)/b21-20-,27-11+/t25?,28-,29-,30?,31-/m0/s1. The minimum Gasteiger partial charge on any atom is -0.394 e. The fraction of sp³-hybridized carbons (Fsp3) is 0.595. The summed E-state index contributed by atoms with van der Waals surface area (Å²) >= 11 is 0. The van der Waals surface area contributed by atoms with E-state index in [2.05, 4.69) is 49.4 Å². The summed E-state index contributed by atoms with van der Waals surface area (Å²) in [6.45, 7) is 15.6. The summed E-state index contributed by atoms with van der Waals surface area (Å²) in [7, 11) is 1.73. The van der Waals surface area contributed by atoms with Crippen LogP contribution in [0.25, 0.3) is 0 Å². The molecule has 1 aromatic rings. The normalized spacial score (nSPS) is 14.8. The van der Waals surface area contributed by atoms with Gasteiger partial charge in [-0.25, -0.2) is 0 Å². The molecule has 2 unspecified atom stereocenters. The molecule has 0 fully saturated rings. The van der Waals surface area contributed by atoms with E-state index in [-0.39, 0.29) is 29.7 Å². The van der Waals surface area contributed by atoms with Crippen molar-refractivity contribution in [1.82, 2.24) is 37.2 Å². The van der Waals surface area contributed by atoms with Crippen molar-refractivity contribution in [3.8, 4) is 0 Å². The van der Waals surface area contributed by atoms with Gasteiger partial charge in [0.25, 0.3) is 5.91 Å². The topological polar surface area (TPSA) is 170 Å². The first-order valence-corrected chi connectivity index (χ1v) is 17.3. The molecular weight excluding hydrogens is 622 g/mol. The van der Waals surface area contributed by atoms with Crippen LogP contribution in [-0.4, -0.2) is 79.9 Å². The molecule has 272 valence electrons. The van der Waals surface area contributed by atoms with Gasteiger partial charge in [0, 0.05) is 31.8 Å². The first-order chi connectivity index (χ1) is 23.2. The summed E-state index contributed by atoms with van der Waals surface area (Å²) in [5.41, 5.74) is 1.00. The lowest BCUT2D eigenvalue weighted by molar-refractivity contribution is -0.132. The van der Waals surface area contributed by atoms with Gasteiger partial charge >= 0.3 is 0 Å². The summed E-state index contributed by atoms with van der Waals surface area (Å²) in [5.74, 6) is -1.80. The maximum absolute atomic E-state index is 13.8. The van der Waals surface area contributed by atoms with Crippen molar-refractivity contribution in [2.75, 3.05) is 20.1 Å². The van der Waals surface area contributed by atoms with Gasteiger partial charge in [0.05, 0.1) is 6.04 Å². The molecule has 1 aromatic carbocycles. The van der Waals surface area contributed by atoms with Gasteiger partial charge in [0.2, 0.25) is 23.6 Å². The lowest BCUT2D eigenvalue weighted by atomic mass is 9.87. The van der Waals surface area contributed by atoms with Crippen molar-refractivity contribution in [2.24, 2.45) is 5.41 Å². The summed E-state index contributed by atoms with van der Waals surface area (Å²) in [6.07, 6.45) is 7.15. The number of nitrogens with one attached hydrogen (secondary N) is 7. The third-order valence-electron chi connectivity index (χ3n) is 7.66. The number of allylic oxidation sites excluding steroid dienone is 1. The number of hydrogen-bond acceptors (Lipinski definition) is 7. The molecule has 0 aliphatic rings. The van der Waals surface area contributed by atoms with E-state index in [1.54, 1.807) is 51.4 Å². The Kier molecular flexibility index (Phi) is 19.4. The second kappa shape index (κ2) is 22.3. The number of carbonyl (C=O) groups excluding carboxylic acids is 5. The highest BCUT2D eigenvalue weighted by atomic mass is 16.2. The van der Waals surface area contributed by atoms with Crippen LogP contribution in [-0.2, 0) is 30.4 Å². The Morgan fingerprint density at radius 2 is 1.55 bits per heavy atom. The Morgan fingerprint density at radius 3 is 2.10 bits per heavy atom. The van der Waals surface area contributed by atoms with Crippen molar-refractivity contribution in [3.63, 3.8) is 0 Å². The Morgan fingerprint density at radius 1 is 0.878 bits per heavy atom. The molecular formula is C37H59N7O5. The van der Waals surface area contributed by atoms with Crippen molar-refractivity contribution < 1.29 is 24.0 Å². The van der Waals surface area contributed by atoms with Gasteiger partial charge in [0.15, 0.2) is 0 Å². The molecule has 1 rings (SSSR count). The van der Waals surface area contributed by atoms with Crippen LogP contribution in [0.1, 0.15) is 86.6 Å². The average molecular weight is 682 g/mol. The molecule has 49 heavy (non-hydrogen) atoms. The van der Waals surface area contributed by atoms with E-state index in [4.69, 9.17) is 0 Å². The van der Waals surface area contributed by atoms with Gasteiger partial charge in [-0.2, -0.15) is 0 Å². The van der Waals surface area contributed by atoms with E-state index in [0.717, 1.165) is 5.56 Å². The van der Waals surface area contributed by atoms with Gasteiger partial charge in [-0.15, -0.1) is 0 Å². The molecule has 5 amide bonds. The lowest BCUT2D eigenvalue weighted by Gasteiger charge is -2.29. The molecule has 0 saturated heterocycles. The highest BCUT2D eigenvalue weighted by Gasteiger charge is 2.31. The van der Waals surface area contributed by atoms with Crippen LogP contribution in [0.3, 0.4) is 0 Å². The molecule has 12 heteroatoms. The Bertz CT molecular complexity index is 1260. The van der Waals surface area contributed by atoms with E-state index < -0.39 is 42.0 Å². The van der Waals surface area contributed by atoms with E-state index >= 15 is 0 Å². The third kappa shape index (κ3) is 16.5. The quantitative estimate of drug-likeness (QED) is 0.0771. The zero-order valence-electron chi connectivity index (χ0n) is 30.8. The van der Waals surface area contributed by atoms with Gasteiger partial charge in [-0.3, -0.25) is 24.0 Å². The van der Waals surface area contributed by atoms with Crippen LogP contribution in [0.4, 0.5) is 0 Å². The lowest BCUT2D eigenvalue weighted by Crippen LogP contribution is -2.57. The molecule has 0 bridgehead atoms. The van der Waals surface area contributed by atoms with Crippen molar-refractivity contribution in [1.29, 1.82) is 0 Å². The molecule has 0 radical (unpaired) electrons. The van der Waals surface area contributed by atoms with Crippen molar-refractivity contribution in [3.05, 3.63) is 59.8 Å². The van der Waals surface area contributed by atoms with Gasteiger partial charge in [-0.05, 0) is 87.9 Å². The number of amides is 5. The molecule has 5 atom stereocenters. The first kappa shape index (κ1) is 42.7. The van der Waals surface area contributed by atoms with Crippen LogP contribution in [0.15, 0.2) is 42.1 Å². The largest absolute Gasteiger partial charge is 0.394 e. The Balaban J connectivity index is 3.14. The van der Waals surface area contributed by atoms with Crippen molar-refractivity contribution in [2.45, 2.75) is 118 Å². The van der Waals surface area contributed by atoms with Gasteiger partial charge in [0.1, 0.15) is 18.1 Å². The highest BCUT2D eigenvalue weighted by molar-refractivity contribution is 5.99. The fourth-order valence-corrected chi connectivity index (χ4v) is 4.99. The van der Waals surface area contributed by atoms with E-state index in [1.165, 1.54) is 0 Å². The molecule has 0 saturated carbocycles. The van der Waals surface area contributed by atoms with Crippen LogP contribution >= 0.6 is 0 Å². The minimum absolute atomic E-state index is 0.235. The van der Waals surface area contributed by atoms with E-state index in [0.29, 0.717) is 44.2 Å². The van der Waals surface area contributed by atoms with Crippen LogP contribution in [0.2, 0.25) is 0 Å². The second-order valence-electron chi connectivity index (χ2n) is 13.3. The zero-order valence-corrected chi connectivity index (χ0v) is 30.8. The van der Waals surface area contributed by atoms with Crippen LogP contribution in [0.5, 0.6) is 0 Å². The SMILES string of the molecule is C/C=C(\C=C/NC)C(=O)N[C@@H](CC(C)(C)C)C(=O)NC(CCC)C(=O)N[C@H](CNC(C)C(=O)N[C@@H](CC)C(=O)NCC)Cc1cc#ccc1. The second-order valence-corrected chi connectivity index (χ2v) is 13.3. The van der Waals surface area contributed by atoms with E-state index in [9.17, 15) is 24.0 Å².